The zero-order valence-corrected chi connectivity index (χ0v) is 12.3. The van der Waals surface area contributed by atoms with E-state index in [1.54, 1.807) is 6.20 Å². The van der Waals surface area contributed by atoms with Crippen molar-refractivity contribution in [2.24, 2.45) is 5.92 Å². The van der Waals surface area contributed by atoms with Gasteiger partial charge in [-0.1, -0.05) is 36.4 Å². The van der Waals surface area contributed by atoms with E-state index in [4.69, 9.17) is 0 Å². The van der Waals surface area contributed by atoms with Crippen LogP contribution in [0.1, 0.15) is 17.7 Å². The van der Waals surface area contributed by atoms with Gasteiger partial charge in [0, 0.05) is 37.3 Å². The van der Waals surface area contributed by atoms with E-state index in [-0.39, 0.29) is 11.8 Å². The molecule has 2 heterocycles. The minimum absolute atomic E-state index is 0.0682. The molecule has 0 bridgehead atoms. The highest BCUT2D eigenvalue weighted by atomic mass is 16.2. The maximum atomic E-state index is 12.4. The van der Waals surface area contributed by atoms with Crippen LogP contribution in [0.15, 0.2) is 54.7 Å². The number of pyridine rings is 1. The van der Waals surface area contributed by atoms with Crippen LogP contribution in [0.2, 0.25) is 0 Å². The number of hydrogen-bond acceptors (Lipinski definition) is 2. The molecule has 0 spiro atoms. The molecule has 3 nitrogen and oxygen atoms in total. The molecule has 1 amide bonds. The van der Waals surface area contributed by atoms with Crippen LogP contribution < -0.4 is 0 Å². The maximum absolute atomic E-state index is 12.4. The lowest BCUT2D eigenvalue weighted by atomic mass is 9.96. The fourth-order valence-electron chi connectivity index (χ4n) is 3.10. The Hall–Kier alpha value is -2.16. The summed E-state index contributed by atoms with van der Waals surface area (Å²) in [6.07, 6.45) is 4.39. The van der Waals surface area contributed by atoms with Gasteiger partial charge in [0.05, 0.1) is 0 Å². The van der Waals surface area contributed by atoms with Gasteiger partial charge in [-0.2, -0.15) is 0 Å². The first kappa shape index (κ1) is 13.8. The summed E-state index contributed by atoms with van der Waals surface area (Å²) in [7, 11) is 1.92. The lowest BCUT2D eigenvalue weighted by molar-refractivity contribution is -0.130. The molecule has 1 aromatic carbocycles. The van der Waals surface area contributed by atoms with Crippen molar-refractivity contribution in [3.63, 3.8) is 0 Å². The highest BCUT2D eigenvalue weighted by molar-refractivity contribution is 5.81. The molecule has 0 radical (unpaired) electrons. The second-order valence-corrected chi connectivity index (χ2v) is 5.75. The van der Waals surface area contributed by atoms with Crippen molar-refractivity contribution >= 4 is 5.91 Å². The third-order valence-corrected chi connectivity index (χ3v) is 4.30. The number of carbonyl (C=O) groups excluding carboxylic acids is 1. The number of benzene rings is 1. The maximum Gasteiger partial charge on any atom is 0.226 e. The third kappa shape index (κ3) is 3.13. The molecule has 108 valence electrons. The fourth-order valence-corrected chi connectivity index (χ4v) is 3.10. The Morgan fingerprint density at radius 2 is 1.86 bits per heavy atom. The predicted molar refractivity (Wildman–Crippen MR) is 82.8 cm³/mol. The van der Waals surface area contributed by atoms with Crippen molar-refractivity contribution in [3.05, 3.63) is 66.0 Å². The second-order valence-electron chi connectivity index (χ2n) is 5.75. The summed E-state index contributed by atoms with van der Waals surface area (Å²) in [6, 6.07) is 16.6. The minimum atomic E-state index is 0.0682. The number of aromatic nitrogens is 1. The van der Waals surface area contributed by atoms with Gasteiger partial charge in [-0.05, 0) is 30.5 Å². The monoisotopic (exact) mass is 280 g/mol. The van der Waals surface area contributed by atoms with E-state index in [1.165, 1.54) is 5.56 Å². The van der Waals surface area contributed by atoms with Gasteiger partial charge >= 0.3 is 0 Å². The Balaban J connectivity index is 1.67. The molecule has 3 heteroatoms. The summed E-state index contributed by atoms with van der Waals surface area (Å²) >= 11 is 0. The van der Waals surface area contributed by atoms with Crippen molar-refractivity contribution in [3.8, 4) is 0 Å². The normalized spacial score (nSPS) is 21.8. The smallest absolute Gasteiger partial charge is 0.226 e. The third-order valence-electron chi connectivity index (χ3n) is 4.30. The number of hydrogen-bond donors (Lipinski definition) is 0. The van der Waals surface area contributed by atoms with Gasteiger partial charge in [-0.3, -0.25) is 9.78 Å². The standard InChI is InChI=1S/C18H20N2O/c1-20-17(11-14-7-3-2-4-8-14)13-15(18(20)21)12-16-9-5-6-10-19-16/h2-10,15,17H,11-13H2,1H3/t15?,17-/m0/s1. The summed E-state index contributed by atoms with van der Waals surface area (Å²) in [4.78, 5) is 18.7. The molecule has 1 aliphatic heterocycles. The van der Waals surface area contributed by atoms with Crippen LogP contribution in [-0.2, 0) is 17.6 Å². The Kier molecular flexibility index (Phi) is 4.00. The van der Waals surface area contributed by atoms with E-state index in [0.29, 0.717) is 6.04 Å². The van der Waals surface area contributed by atoms with Gasteiger partial charge in [0.25, 0.3) is 0 Å². The molecule has 1 aliphatic rings. The Morgan fingerprint density at radius 3 is 2.57 bits per heavy atom. The van der Waals surface area contributed by atoms with Gasteiger partial charge in [0.1, 0.15) is 0 Å². The number of likely N-dealkylation sites (N-methyl/N-ethyl adjacent to an activating group) is 1. The lowest BCUT2D eigenvalue weighted by Crippen LogP contribution is -2.31. The summed E-state index contributed by atoms with van der Waals surface area (Å²) in [6.45, 7) is 0. The second kappa shape index (κ2) is 6.08. The van der Waals surface area contributed by atoms with Crippen molar-refractivity contribution in [1.82, 2.24) is 9.88 Å². The molecule has 1 fully saturated rings. The minimum Gasteiger partial charge on any atom is -0.342 e. The fraction of sp³-hybridized carbons (Fsp3) is 0.333. The Morgan fingerprint density at radius 1 is 1.10 bits per heavy atom. The van der Waals surface area contributed by atoms with Crippen LogP contribution in [0.4, 0.5) is 0 Å². The average molecular weight is 280 g/mol. The number of carbonyl (C=O) groups is 1. The number of likely N-dealkylation sites (tertiary alicyclic amines) is 1. The van der Waals surface area contributed by atoms with E-state index in [9.17, 15) is 4.79 Å². The molecule has 21 heavy (non-hydrogen) atoms. The van der Waals surface area contributed by atoms with Gasteiger partial charge in [0.2, 0.25) is 5.91 Å². The summed E-state index contributed by atoms with van der Waals surface area (Å²) in [5.41, 5.74) is 2.30. The molecule has 1 saturated heterocycles. The molecular weight excluding hydrogens is 260 g/mol. The van der Waals surface area contributed by atoms with Crippen molar-refractivity contribution in [1.29, 1.82) is 0 Å². The SMILES string of the molecule is CN1C(=O)C(Cc2ccccn2)C[C@@H]1Cc1ccccc1. The summed E-state index contributed by atoms with van der Waals surface area (Å²) in [5.74, 6) is 0.320. The largest absolute Gasteiger partial charge is 0.342 e. The van der Waals surface area contributed by atoms with Crippen molar-refractivity contribution < 1.29 is 4.79 Å². The molecule has 1 aromatic heterocycles. The number of amides is 1. The van der Waals surface area contributed by atoms with Crippen LogP contribution in [-0.4, -0.2) is 28.9 Å². The topological polar surface area (TPSA) is 33.2 Å². The highest BCUT2D eigenvalue weighted by Crippen LogP contribution is 2.28. The Labute approximate surface area is 125 Å². The van der Waals surface area contributed by atoms with Crippen LogP contribution in [0.25, 0.3) is 0 Å². The molecule has 0 saturated carbocycles. The predicted octanol–water partition coefficient (Wildman–Crippen LogP) is 2.71. The lowest BCUT2D eigenvalue weighted by Gasteiger charge is -2.19. The molecule has 1 unspecified atom stereocenters. The van der Waals surface area contributed by atoms with Gasteiger partial charge in [-0.25, -0.2) is 0 Å². The molecular formula is C18H20N2O. The Bertz CT molecular complexity index is 597. The molecule has 2 atom stereocenters. The van der Waals surface area contributed by atoms with E-state index >= 15 is 0 Å². The molecule has 0 aliphatic carbocycles. The number of nitrogens with zero attached hydrogens (tertiary/aromatic N) is 2. The first-order valence-corrected chi connectivity index (χ1v) is 7.44. The van der Waals surface area contributed by atoms with Crippen LogP contribution in [0.3, 0.4) is 0 Å². The van der Waals surface area contributed by atoms with Crippen LogP contribution in [0.5, 0.6) is 0 Å². The van der Waals surface area contributed by atoms with Crippen LogP contribution >= 0.6 is 0 Å². The van der Waals surface area contributed by atoms with E-state index in [2.05, 4.69) is 29.2 Å². The summed E-state index contributed by atoms with van der Waals surface area (Å²) < 4.78 is 0. The van der Waals surface area contributed by atoms with Crippen molar-refractivity contribution in [2.45, 2.75) is 25.3 Å². The quantitative estimate of drug-likeness (QED) is 0.862. The van der Waals surface area contributed by atoms with Gasteiger partial charge in [-0.15, -0.1) is 0 Å². The zero-order valence-electron chi connectivity index (χ0n) is 12.3. The summed E-state index contributed by atoms with van der Waals surface area (Å²) in [5, 5.41) is 0. The van der Waals surface area contributed by atoms with Gasteiger partial charge in [0.15, 0.2) is 0 Å². The molecule has 2 aromatic rings. The molecule has 3 rings (SSSR count). The number of rotatable bonds is 4. The van der Waals surface area contributed by atoms with Gasteiger partial charge < -0.3 is 4.90 Å². The zero-order chi connectivity index (χ0) is 14.7. The van der Waals surface area contributed by atoms with E-state index in [0.717, 1.165) is 25.0 Å². The average Bonchev–Trinajstić information content (AvgIpc) is 2.78. The highest BCUT2D eigenvalue weighted by Gasteiger charge is 2.36. The first-order chi connectivity index (χ1) is 10.2. The molecule has 0 N–H and O–H groups in total. The first-order valence-electron chi connectivity index (χ1n) is 7.44. The van der Waals surface area contributed by atoms with Crippen molar-refractivity contribution in [2.75, 3.05) is 7.05 Å². The van der Waals surface area contributed by atoms with E-state index < -0.39 is 0 Å². The van der Waals surface area contributed by atoms with Crippen LogP contribution in [0, 0.1) is 5.92 Å². The van der Waals surface area contributed by atoms with E-state index in [1.807, 2.05) is 36.2 Å².